The molecule has 38 heavy (non-hydrogen) atoms. The maximum atomic E-state index is 13.8. The summed E-state index contributed by atoms with van der Waals surface area (Å²) in [6.45, 7) is 0.208. The lowest BCUT2D eigenvalue weighted by molar-refractivity contribution is -0.138. The summed E-state index contributed by atoms with van der Waals surface area (Å²) in [5.41, 5.74) is -1.11. The molecule has 2 heterocycles. The van der Waals surface area contributed by atoms with Crippen LogP contribution in [0.25, 0.3) is 5.69 Å². The van der Waals surface area contributed by atoms with E-state index >= 15 is 0 Å². The van der Waals surface area contributed by atoms with Crippen molar-refractivity contribution in [1.82, 2.24) is 19.8 Å². The maximum Gasteiger partial charge on any atom is 0.418 e. The topological polar surface area (TPSA) is 87.5 Å². The fourth-order valence-electron chi connectivity index (χ4n) is 5.36. The van der Waals surface area contributed by atoms with Gasteiger partial charge in [-0.05, 0) is 44.4 Å². The van der Waals surface area contributed by atoms with Crippen molar-refractivity contribution in [2.75, 3.05) is 19.6 Å². The zero-order valence-corrected chi connectivity index (χ0v) is 20.8. The molecule has 0 radical (unpaired) electrons. The molecule has 4 rings (SSSR count). The van der Waals surface area contributed by atoms with Gasteiger partial charge in [0.1, 0.15) is 11.5 Å². The Hall–Kier alpha value is -3.02. The van der Waals surface area contributed by atoms with Crippen molar-refractivity contribution >= 4 is 11.9 Å². The number of nitrogens with one attached hydrogen (secondary N) is 1. The molecule has 2 aromatic rings. The summed E-state index contributed by atoms with van der Waals surface area (Å²) in [6.07, 6.45) is -0.268. The number of hydrogen-bond acceptors (Lipinski definition) is 4. The van der Waals surface area contributed by atoms with Crippen LogP contribution in [0.2, 0.25) is 0 Å². The number of imidazole rings is 1. The number of nitrogens with zero attached hydrogens (tertiary/aromatic N) is 3. The number of para-hydroxylation sites is 1. The summed E-state index contributed by atoms with van der Waals surface area (Å²) in [7, 11) is 0. The quantitative estimate of drug-likeness (QED) is 0.423. The normalized spacial score (nSPS) is 19.4. The van der Waals surface area contributed by atoms with Gasteiger partial charge < -0.3 is 15.0 Å². The molecule has 2 N–H and O–H groups in total. The van der Waals surface area contributed by atoms with Gasteiger partial charge in [-0.3, -0.25) is 14.5 Å². The van der Waals surface area contributed by atoms with E-state index in [0.29, 0.717) is 18.8 Å². The number of piperidine rings is 1. The first-order valence-electron chi connectivity index (χ1n) is 12.8. The van der Waals surface area contributed by atoms with Gasteiger partial charge in [0.25, 0.3) is 11.8 Å². The number of amides is 1. The molecule has 1 unspecified atom stereocenters. The van der Waals surface area contributed by atoms with Gasteiger partial charge in [0.05, 0.1) is 24.2 Å². The first-order chi connectivity index (χ1) is 17.9. The Balaban J connectivity index is 1.57. The highest BCUT2D eigenvalue weighted by molar-refractivity contribution is 5.92. The monoisotopic (exact) mass is 542 g/mol. The Morgan fingerprint density at radius 3 is 2.53 bits per heavy atom. The van der Waals surface area contributed by atoms with Gasteiger partial charge in [-0.25, -0.2) is 13.8 Å². The third-order valence-corrected chi connectivity index (χ3v) is 7.18. The summed E-state index contributed by atoms with van der Waals surface area (Å²) >= 11 is 0. The van der Waals surface area contributed by atoms with Crippen molar-refractivity contribution in [3.05, 3.63) is 47.5 Å². The molecule has 1 aliphatic carbocycles. The largest absolute Gasteiger partial charge is 0.481 e. The maximum absolute atomic E-state index is 13.8. The number of rotatable bonds is 9. The zero-order valence-electron chi connectivity index (χ0n) is 20.8. The smallest absolute Gasteiger partial charge is 0.418 e. The van der Waals surface area contributed by atoms with E-state index in [9.17, 15) is 36.6 Å². The summed E-state index contributed by atoms with van der Waals surface area (Å²) in [4.78, 5) is 30.5. The second-order valence-corrected chi connectivity index (χ2v) is 10.1. The van der Waals surface area contributed by atoms with Crippen LogP contribution in [0, 0.1) is 0 Å². The third kappa shape index (κ3) is 6.89. The van der Waals surface area contributed by atoms with Gasteiger partial charge in [-0.2, -0.15) is 13.2 Å². The van der Waals surface area contributed by atoms with Gasteiger partial charge in [-0.15, -0.1) is 0 Å². The van der Waals surface area contributed by atoms with Crippen molar-refractivity contribution in [3.8, 4) is 5.69 Å². The van der Waals surface area contributed by atoms with E-state index < -0.39 is 48.5 Å². The van der Waals surface area contributed by atoms with Crippen LogP contribution in [0.1, 0.15) is 79.2 Å². The molecule has 208 valence electrons. The van der Waals surface area contributed by atoms with E-state index in [4.69, 9.17) is 0 Å². The fraction of sp³-hybridized carbons (Fsp3) is 0.577. The highest BCUT2D eigenvalue weighted by atomic mass is 19.4. The van der Waals surface area contributed by atoms with E-state index in [-0.39, 0.29) is 36.7 Å². The van der Waals surface area contributed by atoms with Crippen molar-refractivity contribution in [2.24, 2.45) is 0 Å². The third-order valence-electron chi connectivity index (χ3n) is 7.18. The van der Waals surface area contributed by atoms with E-state index in [0.717, 1.165) is 31.7 Å². The van der Waals surface area contributed by atoms with Crippen LogP contribution in [-0.4, -0.2) is 63.0 Å². The second-order valence-electron chi connectivity index (χ2n) is 10.1. The highest BCUT2D eigenvalue weighted by Crippen LogP contribution is 2.38. The number of aliphatic carboxylic acids is 1. The average molecular weight is 543 g/mol. The second kappa shape index (κ2) is 11.4. The lowest BCUT2D eigenvalue weighted by atomic mass is 10.1. The molecule has 1 aromatic carbocycles. The molecular weight excluding hydrogens is 511 g/mol. The minimum atomic E-state index is -4.62. The lowest BCUT2D eigenvalue weighted by Gasteiger charge is -2.33. The molecule has 1 amide bonds. The molecular formula is C26H31F5N4O3. The minimum absolute atomic E-state index is 0.117. The van der Waals surface area contributed by atoms with Crippen LogP contribution in [0.15, 0.2) is 30.5 Å². The number of carbonyl (C=O) groups is 2. The molecule has 1 saturated carbocycles. The predicted molar refractivity (Wildman–Crippen MR) is 129 cm³/mol. The van der Waals surface area contributed by atoms with Crippen LogP contribution in [0.5, 0.6) is 0 Å². The number of hydrogen-bond donors (Lipinski definition) is 2. The fourth-order valence-corrected chi connectivity index (χ4v) is 5.36. The Morgan fingerprint density at radius 2 is 1.87 bits per heavy atom. The van der Waals surface area contributed by atoms with Crippen molar-refractivity contribution < 1.29 is 36.6 Å². The number of likely N-dealkylation sites (tertiary alicyclic amines) is 1. The number of carboxylic acid groups (broad SMARTS) is 1. The van der Waals surface area contributed by atoms with Gasteiger partial charge >= 0.3 is 12.1 Å². The Morgan fingerprint density at radius 1 is 1.16 bits per heavy atom. The summed E-state index contributed by atoms with van der Waals surface area (Å²) in [5.74, 6) is -4.46. The number of benzene rings is 1. The highest BCUT2D eigenvalue weighted by Gasteiger charge is 2.36. The minimum Gasteiger partial charge on any atom is -0.481 e. The van der Waals surface area contributed by atoms with Gasteiger partial charge in [0.2, 0.25) is 0 Å². The number of carbonyl (C=O) groups excluding carboxylic acids is 1. The van der Waals surface area contributed by atoms with Crippen LogP contribution < -0.4 is 5.32 Å². The summed E-state index contributed by atoms with van der Waals surface area (Å²) in [5, 5.41) is 11.9. The van der Waals surface area contributed by atoms with Crippen LogP contribution in [0.3, 0.4) is 0 Å². The molecule has 2 fully saturated rings. The first-order valence-corrected chi connectivity index (χ1v) is 12.8. The molecule has 1 saturated heterocycles. The number of alkyl halides is 5. The van der Waals surface area contributed by atoms with E-state index in [1.165, 1.54) is 29.0 Å². The molecule has 0 spiro atoms. The Kier molecular flexibility index (Phi) is 8.39. The summed E-state index contributed by atoms with van der Waals surface area (Å²) in [6, 6.07) is 4.21. The standard InChI is InChI=1S/C26H31F5N4O3/c27-25(28)11-5-12-34(16-25)13-10-18(14-22(36)37)32-24(38)20-15-35(23(33-20)17-6-1-2-7-17)21-9-4-3-8-19(21)26(29,30)31/h3-4,8-9,15,17-18H,1-2,5-7,10-14,16H2,(H,32,38)(H,36,37). The molecule has 7 nitrogen and oxygen atoms in total. The predicted octanol–water partition coefficient (Wildman–Crippen LogP) is 5.24. The number of aromatic nitrogens is 2. The zero-order chi connectivity index (χ0) is 27.5. The average Bonchev–Trinajstić information content (AvgIpc) is 3.51. The molecule has 1 aromatic heterocycles. The van der Waals surface area contributed by atoms with E-state index in [1.54, 1.807) is 4.90 Å². The molecule has 1 aliphatic heterocycles. The van der Waals surface area contributed by atoms with Crippen LogP contribution >= 0.6 is 0 Å². The lowest BCUT2D eigenvalue weighted by Crippen LogP contribution is -2.45. The van der Waals surface area contributed by atoms with Crippen LogP contribution in [-0.2, 0) is 11.0 Å². The molecule has 12 heteroatoms. The summed E-state index contributed by atoms with van der Waals surface area (Å²) < 4.78 is 70.1. The molecule has 2 aliphatic rings. The Labute approximate surface area is 217 Å². The van der Waals surface area contributed by atoms with Crippen molar-refractivity contribution in [2.45, 2.75) is 75.4 Å². The SMILES string of the molecule is O=C(O)CC(CCN1CCCC(F)(F)C1)NC(=O)c1cn(-c2ccccc2C(F)(F)F)c(C2CCCC2)n1. The first kappa shape index (κ1) is 28.0. The Bertz CT molecular complexity index is 1140. The molecule has 0 bridgehead atoms. The van der Waals surface area contributed by atoms with E-state index in [1.807, 2.05) is 0 Å². The van der Waals surface area contributed by atoms with Crippen LogP contribution in [0.4, 0.5) is 22.0 Å². The van der Waals surface area contributed by atoms with Crippen molar-refractivity contribution in [3.63, 3.8) is 0 Å². The number of halogens is 5. The number of carboxylic acids is 1. The van der Waals surface area contributed by atoms with Gasteiger partial charge in [-0.1, -0.05) is 25.0 Å². The van der Waals surface area contributed by atoms with E-state index in [2.05, 4.69) is 10.3 Å². The van der Waals surface area contributed by atoms with Gasteiger partial charge in [0.15, 0.2) is 0 Å². The molecule has 1 atom stereocenters. The van der Waals surface area contributed by atoms with Gasteiger partial charge in [0, 0.05) is 31.1 Å². The van der Waals surface area contributed by atoms with Crippen molar-refractivity contribution in [1.29, 1.82) is 0 Å².